The number of hydrogen-bond donors (Lipinski definition) is 0. The minimum Gasteiger partial charge on any atom is -0.462 e. The van der Waals surface area contributed by atoms with Gasteiger partial charge in [-0.25, -0.2) is 0 Å². The largest absolute Gasteiger partial charge is 0.462 e. The van der Waals surface area contributed by atoms with Crippen LogP contribution in [0.1, 0.15) is 348 Å². The molecule has 0 aliphatic heterocycles. The third kappa shape index (κ3) is 63.7. The summed E-state index contributed by atoms with van der Waals surface area (Å²) in [6.45, 7) is 6.56. The predicted molar refractivity (Wildman–Crippen MR) is 339 cm³/mol. The first-order valence-corrected chi connectivity index (χ1v) is 33.9. The molecule has 0 amide bonds. The Bertz CT molecular complexity index is 1440. The molecule has 0 saturated carbocycles. The van der Waals surface area contributed by atoms with Crippen LogP contribution >= 0.6 is 0 Å². The van der Waals surface area contributed by atoms with Gasteiger partial charge in [0.25, 0.3) is 0 Å². The highest BCUT2D eigenvalue weighted by molar-refractivity contribution is 5.71. The zero-order valence-electron chi connectivity index (χ0n) is 51.9. The lowest BCUT2D eigenvalue weighted by atomic mass is 10.0. The summed E-state index contributed by atoms with van der Waals surface area (Å²) in [5.41, 5.74) is 0. The van der Waals surface area contributed by atoms with Gasteiger partial charge in [0.15, 0.2) is 6.10 Å². The van der Waals surface area contributed by atoms with Crippen LogP contribution in [0.3, 0.4) is 0 Å². The van der Waals surface area contributed by atoms with Crippen molar-refractivity contribution in [1.82, 2.24) is 0 Å². The van der Waals surface area contributed by atoms with Crippen molar-refractivity contribution in [3.63, 3.8) is 0 Å². The lowest BCUT2D eigenvalue weighted by molar-refractivity contribution is -0.167. The first-order chi connectivity index (χ1) is 38.5. The third-order valence-electron chi connectivity index (χ3n) is 14.9. The van der Waals surface area contributed by atoms with Crippen LogP contribution < -0.4 is 0 Å². The lowest BCUT2D eigenvalue weighted by Crippen LogP contribution is -2.30. The summed E-state index contributed by atoms with van der Waals surface area (Å²) < 4.78 is 17.0. The van der Waals surface area contributed by atoms with Crippen molar-refractivity contribution in [3.05, 3.63) is 72.9 Å². The topological polar surface area (TPSA) is 78.9 Å². The van der Waals surface area contributed by atoms with E-state index in [1.165, 1.54) is 212 Å². The van der Waals surface area contributed by atoms with Gasteiger partial charge in [-0.15, -0.1) is 0 Å². The molecule has 0 aromatic rings. The SMILES string of the molecule is CC/C=C\C/C=C\C/C=C\C/C=C\CCCCCCCCC(=O)OCC(COC(=O)CCCCCCCCCCC/C=C\C/C=C\CCCCCCC)OC(=O)CCCCCCCCCCCCCCCCCCCCCC. The third-order valence-corrected chi connectivity index (χ3v) is 14.9. The number of esters is 3. The molecule has 0 bridgehead atoms. The summed E-state index contributed by atoms with van der Waals surface area (Å²) in [6.07, 6.45) is 86.2. The molecule has 0 aliphatic carbocycles. The van der Waals surface area contributed by atoms with E-state index in [1.54, 1.807) is 0 Å². The minimum absolute atomic E-state index is 0.0793. The van der Waals surface area contributed by atoms with Crippen LogP contribution in [-0.2, 0) is 28.6 Å². The monoisotopic (exact) mass is 1090 g/mol. The number of unbranched alkanes of at least 4 members (excludes halogenated alkanes) is 39. The summed E-state index contributed by atoms with van der Waals surface area (Å²) in [5.74, 6) is -0.876. The lowest BCUT2D eigenvalue weighted by Gasteiger charge is -2.18. The van der Waals surface area contributed by atoms with Gasteiger partial charge in [0, 0.05) is 19.3 Å². The average molecular weight is 1090 g/mol. The molecule has 0 aromatic carbocycles. The highest BCUT2D eigenvalue weighted by Crippen LogP contribution is 2.17. The zero-order chi connectivity index (χ0) is 56.4. The van der Waals surface area contributed by atoms with E-state index < -0.39 is 6.10 Å². The summed E-state index contributed by atoms with van der Waals surface area (Å²) in [6, 6.07) is 0. The molecule has 1 unspecified atom stereocenters. The van der Waals surface area contributed by atoms with Crippen molar-refractivity contribution in [2.24, 2.45) is 0 Å². The van der Waals surface area contributed by atoms with Gasteiger partial charge in [-0.2, -0.15) is 0 Å². The second-order valence-corrected chi connectivity index (χ2v) is 22.7. The second-order valence-electron chi connectivity index (χ2n) is 22.7. The highest BCUT2D eigenvalue weighted by atomic mass is 16.6. The van der Waals surface area contributed by atoms with Gasteiger partial charge in [0.05, 0.1) is 0 Å². The van der Waals surface area contributed by atoms with E-state index in [4.69, 9.17) is 14.2 Å². The van der Waals surface area contributed by atoms with Crippen LogP contribution in [0.25, 0.3) is 0 Å². The van der Waals surface area contributed by atoms with Crippen molar-refractivity contribution < 1.29 is 28.6 Å². The van der Waals surface area contributed by atoms with Crippen LogP contribution in [0.5, 0.6) is 0 Å². The summed E-state index contributed by atoms with van der Waals surface area (Å²) >= 11 is 0. The predicted octanol–water partition coefficient (Wildman–Crippen LogP) is 23.3. The second kappa shape index (κ2) is 66.4. The molecule has 1 atom stereocenters. The van der Waals surface area contributed by atoms with Gasteiger partial charge in [0.1, 0.15) is 13.2 Å². The molecule has 6 heteroatoms. The maximum absolute atomic E-state index is 13.0. The van der Waals surface area contributed by atoms with E-state index in [2.05, 4.69) is 93.7 Å². The van der Waals surface area contributed by atoms with Gasteiger partial charge in [-0.3, -0.25) is 14.4 Å². The molecule has 452 valence electrons. The maximum atomic E-state index is 13.0. The molecule has 78 heavy (non-hydrogen) atoms. The number of carbonyl (C=O) groups is 3. The zero-order valence-corrected chi connectivity index (χ0v) is 51.9. The molecule has 0 aromatic heterocycles. The molecular formula is C72H128O6. The normalized spacial score (nSPS) is 12.5. The van der Waals surface area contributed by atoms with E-state index in [1.807, 2.05) is 0 Å². The Morgan fingerprint density at radius 2 is 0.500 bits per heavy atom. The summed E-state index contributed by atoms with van der Waals surface area (Å²) in [4.78, 5) is 38.4. The summed E-state index contributed by atoms with van der Waals surface area (Å²) in [7, 11) is 0. The van der Waals surface area contributed by atoms with Gasteiger partial charge >= 0.3 is 17.9 Å². The Morgan fingerprint density at radius 3 is 0.782 bits per heavy atom. The Balaban J connectivity index is 4.38. The highest BCUT2D eigenvalue weighted by Gasteiger charge is 2.19. The van der Waals surface area contributed by atoms with E-state index in [9.17, 15) is 14.4 Å². The van der Waals surface area contributed by atoms with E-state index in [0.29, 0.717) is 19.3 Å². The number of allylic oxidation sites excluding steroid dienone is 12. The first-order valence-electron chi connectivity index (χ1n) is 33.9. The quantitative estimate of drug-likeness (QED) is 0.0261. The van der Waals surface area contributed by atoms with E-state index in [0.717, 1.165) is 96.3 Å². The van der Waals surface area contributed by atoms with Crippen LogP contribution in [0.15, 0.2) is 72.9 Å². The average Bonchev–Trinajstić information content (AvgIpc) is 3.44. The maximum Gasteiger partial charge on any atom is 0.306 e. The van der Waals surface area contributed by atoms with Gasteiger partial charge in [-0.1, -0.05) is 312 Å². The van der Waals surface area contributed by atoms with Crippen molar-refractivity contribution in [3.8, 4) is 0 Å². The Labute approximate surface area is 484 Å². The molecule has 0 radical (unpaired) electrons. The molecule has 0 rings (SSSR count). The van der Waals surface area contributed by atoms with Crippen molar-refractivity contribution in [1.29, 1.82) is 0 Å². The molecule has 0 aliphatic rings. The Hall–Kier alpha value is -3.15. The fraction of sp³-hybridized carbons (Fsp3) is 0.792. The molecule has 6 nitrogen and oxygen atoms in total. The standard InChI is InChI=1S/C72H128O6/c1-4-7-10-13-16-19-22-25-28-31-34-36-39-41-44-47-50-53-56-59-62-65-71(74)77-68-69(67-76-70(73)64-61-58-55-52-49-46-43-40-37-33-30-27-24-21-18-15-12-9-6-3)78-72(75)66-63-60-57-54-51-48-45-42-38-35-32-29-26-23-20-17-14-11-8-5-2/h9,12,18,21-22,25,27,30-31,34,37,40,69H,4-8,10-11,13-17,19-20,23-24,26,28-29,32-33,35-36,38-39,41-68H2,1-3H3/b12-9-,21-18-,25-22-,30-27-,34-31-,40-37-. The fourth-order valence-corrected chi connectivity index (χ4v) is 9.88. The van der Waals surface area contributed by atoms with E-state index in [-0.39, 0.29) is 31.1 Å². The van der Waals surface area contributed by atoms with Crippen molar-refractivity contribution in [2.75, 3.05) is 13.2 Å². The van der Waals surface area contributed by atoms with Crippen molar-refractivity contribution >= 4 is 17.9 Å². The van der Waals surface area contributed by atoms with Crippen LogP contribution in [0, 0.1) is 0 Å². The minimum atomic E-state index is -0.784. The van der Waals surface area contributed by atoms with E-state index >= 15 is 0 Å². The molecule has 0 N–H and O–H groups in total. The summed E-state index contributed by atoms with van der Waals surface area (Å²) in [5, 5.41) is 0. The molecule has 0 heterocycles. The number of ether oxygens (including phenoxy) is 3. The Morgan fingerprint density at radius 1 is 0.269 bits per heavy atom. The van der Waals surface area contributed by atoms with Crippen LogP contribution in [0.4, 0.5) is 0 Å². The van der Waals surface area contributed by atoms with Crippen LogP contribution in [-0.4, -0.2) is 37.2 Å². The van der Waals surface area contributed by atoms with Crippen molar-refractivity contribution in [2.45, 2.75) is 354 Å². The number of carbonyl (C=O) groups excluding carboxylic acids is 3. The van der Waals surface area contributed by atoms with Gasteiger partial charge < -0.3 is 14.2 Å². The molecule has 0 saturated heterocycles. The number of rotatable bonds is 62. The molecular weight excluding hydrogens is 961 g/mol. The Kier molecular flexibility index (Phi) is 63.7. The molecule has 0 fully saturated rings. The number of hydrogen-bond acceptors (Lipinski definition) is 6. The fourth-order valence-electron chi connectivity index (χ4n) is 9.88. The smallest absolute Gasteiger partial charge is 0.306 e. The van der Waals surface area contributed by atoms with Gasteiger partial charge in [-0.05, 0) is 89.9 Å². The molecule has 0 spiro atoms. The first kappa shape index (κ1) is 74.8. The van der Waals surface area contributed by atoms with Gasteiger partial charge in [0.2, 0.25) is 0 Å². The van der Waals surface area contributed by atoms with Crippen LogP contribution in [0.2, 0.25) is 0 Å².